The number of nitrogens with one attached hydrogen (secondary N) is 3. The van der Waals surface area contributed by atoms with Gasteiger partial charge in [0.15, 0.2) is 0 Å². The highest BCUT2D eigenvalue weighted by molar-refractivity contribution is 7.89. The normalized spacial score (nSPS) is 15.9. The number of rotatable bonds is 17. The molecule has 1 aromatic heterocycles. The number of sulfonamides is 1. The molecule has 1 fully saturated rings. The van der Waals surface area contributed by atoms with E-state index in [1.54, 1.807) is 31.4 Å². The van der Waals surface area contributed by atoms with Crippen LogP contribution in [0.15, 0.2) is 83.0 Å². The van der Waals surface area contributed by atoms with E-state index in [9.17, 15) is 23.1 Å². The quantitative estimate of drug-likeness (QED) is 0.0812. The maximum Gasteiger partial charge on any atom is 0.318 e. The molecule has 1 aliphatic rings. The molecule has 0 saturated heterocycles. The Kier molecular flexibility index (Phi) is 13.7. The first kappa shape index (κ1) is 37.5. The molecule has 0 aliphatic heterocycles. The summed E-state index contributed by atoms with van der Waals surface area (Å²) in [6.45, 7) is 3.66. The largest absolute Gasteiger partial charge is 0.411 e. The van der Waals surface area contributed by atoms with Crippen LogP contribution in [0.5, 0.6) is 0 Å². The zero-order valence-electron chi connectivity index (χ0n) is 28.3. The van der Waals surface area contributed by atoms with Crippen LogP contribution in [0.25, 0.3) is 0 Å². The molecule has 1 aliphatic carbocycles. The Balaban J connectivity index is 1.50. The van der Waals surface area contributed by atoms with Gasteiger partial charge in [0.1, 0.15) is 6.04 Å². The molecular formula is C36H48N6O6S. The summed E-state index contributed by atoms with van der Waals surface area (Å²) >= 11 is 0. The van der Waals surface area contributed by atoms with E-state index in [1.165, 1.54) is 17.2 Å². The number of carbonyl (C=O) groups is 2. The van der Waals surface area contributed by atoms with Crippen LogP contribution in [0.1, 0.15) is 61.9 Å². The van der Waals surface area contributed by atoms with E-state index in [0.29, 0.717) is 35.6 Å². The van der Waals surface area contributed by atoms with E-state index in [1.807, 2.05) is 56.3 Å². The average Bonchev–Trinajstić information content (AvgIpc) is 3.08. The molecule has 49 heavy (non-hydrogen) atoms. The standard InChI is InChI=1S/C36H48N6O6S/c1-4-25(2)34(41-36(45)42(3)24-30-15-8-9-18-37-30)35(44)40-31(21-27-11-6-5-7-12-27)32(43)23-39-49(47,48)33-17-16-28(22-38-46)20-29(33)19-26-13-10-14-26/h5-9,11-12,15-18,20,22,25-26,31-32,34,39,43,46H,4,10,13-14,19,21,23-24H2,1-3H3,(H,40,44)(H,41,45)/b38-22+/t25-,31-,32?,34+/m0/s1. The second-order valence-corrected chi connectivity index (χ2v) is 14.6. The molecule has 1 unspecified atom stereocenters. The molecule has 4 atom stereocenters. The zero-order chi connectivity index (χ0) is 35.4. The minimum atomic E-state index is -4.06. The number of aromatic nitrogens is 1. The first-order valence-corrected chi connectivity index (χ1v) is 18.2. The van der Waals surface area contributed by atoms with Crippen molar-refractivity contribution in [3.05, 3.63) is 95.3 Å². The van der Waals surface area contributed by atoms with E-state index in [-0.39, 0.29) is 30.3 Å². The van der Waals surface area contributed by atoms with Gasteiger partial charge < -0.3 is 25.8 Å². The molecule has 12 nitrogen and oxygen atoms in total. The van der Waals surface area contributed by atoms with Crippen LogP contribution in [0, 0.1) is 11.8 Å². The number of aliphatic hydroxyl groups is 1. The molecule has 4 rings (SSSR count). The highest BCUT2D eigenvalue weighted by Crippen LogP contribution is 2.32. The van der Waals surface area contributed by atoms with Gasteiger partial charge in [-0.25, -0.2) is 17.9 Å². The number of amides is 3. The Hall–Kier alpha value is -4.33. The fourth-order valence-electron chi connectivity index (χ4n) is 5.77. The molecule has 1 heterocycles. The number of urea groups is 1. The summed E-state index contributed by atoms with van der Waals surface area (Å²) in [6, 6.07) is 17.2. The summed E-state index contributed by atoms with van der Waals surface area (Å²) in [5.41, 5.74) is 2.71. The van der Waals surface area contributed by atoms with Gasteiger partial charge in [-0.05, 0) is 65.6 Å². The van der Waals surface area contributed by atoms with Gasteiger partial charge in [0.05, 0.1) is 35.5 Å². The number of hydrogen-bond donors (Lipinski definition) is 5. The average molecular weight is 693 g/mol. The van der Waals surface area contributed by atoms with Gasteiger partial charge >= 0.3 is 6.03 Å². The molecule has 2 aromatic carbocycles. The van der Waals surface area contributed by atoms with Crippen molar-refractivity contribution in [2.45, 2.75) is 82.0 Å². The molecule has 3 amide bonds. The van der Waals surface area contributed by atoms with Crippen LogP contribution in [0.3, 0.4) is 0 Å². The third-order valence-corrected chi connectivity index (χ3v) is 10.7. The molecule has 0 radical (unpaired) electrons. The minimum Gasteiger partial charge on any atom is -0.411 e. The lowest BCUT2D eigenvalue weighted by Gasteiger charge is -2.30. The van der Waals surface area contributed by atoms with Crippen LogP contribution in [0.4, 0.5) is 4.79 Å². The second-order valence-electron chi connectivity index (χ2n) is 12.8. The fourth-order valence-corrected chi connectivity index (χ4v) is 7.05. The third-order valence-electron chi connectivity index (χ3n) is 9.13. The van der Waals surface area contributed by atoms with Gasteiger partial charge in [-0.15, -0.1) is 0 Å². The molecule has 13 heteroatoms. The van der Waals surface area contributed by atoms with Crippen molar-refractivity contribution < 1.29 is 28.3 Å². The van der Waals surface area contributed by atoms with Crippen molar-refractivity contribution in [3.63, 3.8) is 0 Å². The summed E-state index contributed by atoms with van der Waals surface area (Å²) in [7, 11) is -2.44. The number of pyridine rings is 1. The predicted molar refractivity (Wildman–Crippen MR) is 188 cm³/mol. The lowest BCUT2D eigenvalue weighted by molar-refractivity contribution is -0.125. The highest BCUT2D eigenvalue weighted by atomic mass is 32.2. The zero-order valence-corrected chi connectivity index (χ0v) is 29.1. The number of carbonyl (C=O) groups excluding carboxylic acids is 2. The van der Waals surface area contributed by atoms with Crippen LogP contribution in [-0.2, 0) is 34.2 Å². The highest BCUT2D eigenvalue weighted by Gasteiger charge is 2.32. The smallest absolute Gasteiger partial charge is 0.318 e. The van der Waals surface area contributed by atoms with Gasteiger partial charge in [-0.1, -0.05) is 87.2 Å². The van der Waals surface area contributed by atoms with E-state index < -0.39 is 40.1 Å². The number of nitrogens with zero attached hydrogens (tertiary/aromatic N) is 3. The monoisotopic (exact) mass is 692 g/mol. The lowest BCUT2D eigenvalue weighted by atomic mass is 9.81. The van der Waals surface area contributed by atoms with Gasteiger partial charge in [0.2, 0.25) is 15.9 Å². The van der Waals surface area contributed by atoms with Crippen LogP contribution in [-0.4, -0.2) is 78.5 Å². The summed E-state index contributed by atoms with van der Waals surface area (Å²) in [5, 5.41) is 29.3. The van der Waals surface area contributed by atoms with E-state index in [4.69, 9.17) is 5.21 Å². The molecule has 1 saturated carbocycles. The third kappa shape index (κ3) is 10.8. The lowest BCUT2D eigenvalue weighted by Crippen LogP contribution is -2.58. The van der Waals surface area contributed by atoms with Crippen LogP contribution in [0.2, 0.25) is 0 Å². The summed E-state index contributed by atoms with van der Waals surface area (Å²) in [5.74, 6) is -0.353. The van der Waals surface area contributed by atoms with Gasteiger partial charge in [0.25, 0.3) is 0 Å². The summed E-state index contributed by atoms with van der Waals surface area (Å²) < 4.78 is 29.8. The Labute approximate surface area is 289 Å². The van der Waals surface area contributed by atoms with Crippen molar-refractivity contribution >= 4 is 28.2 Å². The van der Waals surface area contributed by atoms with Crippen LogP contribution >= 0.6 is 0 Å². The van der Waals surface area contributed by atoms with Crippen molar-refractivity contribution in [1.29, 1.82) is 0 Å². The molecule has 264 valence electrons. The number of aliphatic hydroxyl groups excluding tert-OH is 1. The molecule has 0 spiro atoms. The van der Waals surface area contributed by atoms with Crippen molar-refractivity contribution in [2.75, 3.05) is 13.6 Å². The van der Waals surface area contributed by atoms with Crippen LogP contribution < -0.4 is 15.4 Å². The predicted octanol–water partition coefficient (Wildman–Crippen LogP) is 3.86. The van der Waals surface area contributed by atoms with Gasteiger partial charge in [-0.2, -0.15) is 0 Å². The van der Waals surface area contributed by atoms with E-state index in [2.05, 4.69) is 25.5 Å². The Morgan fingerprint density at radius 1 is 1.08 bits per heavy atom. The van der Waals surface area contributed by atoms with Crippen molar-refractivity contribution in [2.24, 2.45) is 17.0 Å². The second kappa shape index (κ2) is 17.9. The molecule has 0 bridgehead atoms. The van der Waals surface area contributed by atoms with Gasteiger partial charge in [-0.3, -0.25) is 9.78 Å². The Bertz CT molecular complexity index is 1650. The van der Waals surface area contributed by atoms with Crippen molar-refractivity contribution in [1.82, 2.24) is 25.2 Å². The maximum absolute atomic E-state index is 13.8. The number of hydrogen-bond acceptors (Lipinski definition) is 8. The fraction of sp³-hybridized carbons (Fsp3) is 0.444. The summed E-state index contributed by atoms with van der Waals surface area (Å²) in [6.07, 6.45) is 6.11. The van der Waals surface area contributed by atoms with Gasteiger partial charge in [0, 0.05) is 19.8 Å². The van der Waals surface area contributed by atoms with E-state index >= 15 is 0 Å². The van der Waals surface area contributed by atoms with E-state index in [0.717, 1.165) is 24.8 Å². The van der Waals surface area contributed by atoms with Crippen molar-refractivity contribution in [3.8, 4) is 0 Å². The Morgan fingerprint density at radius 3 is 2.45 bits per heavy atom. The maximum atomic E-state index is 13.8. The molecule has 5 N–H and O–H groups in total. The first-order chi connectivity index (χ1) is 23.5. The number of benzene rings is 2. The molecular weight excluding hydrogens is 644 g/mol. The minimum absolute atomic E-state index is 0.0969. The summed E-state index contributed by atoms with van der Waals surface area (Å²) in [4.78, 5) is 32.8. The first-order valence-electron chi connectivity index (χ1n) is 16.7. The SMILES string of the molecule is CC[C@H](C)[C@@H](NC(=O)N(C)Cc1ccccn1)C(=O)N[C@@H](Cc1ccccc1)C(O)CNS(=O)(=O)c1ccc(/C=N/O)cc1CC1CCC1. The Morgan fingerprint density at radius 2 is 1.82 bits per heavy atom. The molecule has 3 aromatic rings. The number of oxime groups is 1. The topological polar surface area (TPSA) is 173 Å².